The summed E-state index contributed by atoms with van der Waals surface area (Å²) in [5.41, 5.74) is 3.99. The van der Waals surface area contributed by atoms with E-state index in [1.54, 1.807) is 51.0 Å². The van der Waals surface area contributed by atoms with Crippen LogP contribution in [0.3, 0.4) is 0 Å². The summed E-state index contributed by atoms with van der Waals surface area (Å²) < 4.78 is 16.7. The van der Waals surface area contributed by atoms with Gasteiger partial charge >= 0.3 is 0 Å². The van der Waals surface area contributed by atoms with Gasteiger partial charge in [-0.2, -0.15) is 11.3 Å². The van der Waals surface area contributed by atoms with E-state index in [9.17, 15) is 4.79 Å². The highest BCUT2D eigenvalue weighted by Crippen LogP contribution is 2.44. The van der Waals surface area contributed by atoms with Crippen LogP contribution in [0.1, 0.15) is 36.5 Å². The normalized spacial score (nSPS) is 12.4. The van der Waals surface area contributed by atoms with Crippen LogP contribution in [0.25, 0.3) is 5.57 Å². The average molecular weight is 493 g/mol. The molecule has 1 amide bonds. The number of aryl methyl sites for hydroxylation is 1. The first-order valence-electron chi connectivity index (χ1n) is 11.5. The van der Waals surface area contributed by atoms with Gasteiger partial charge in [0.25, 0.3) is 0 Å². The van der Waals surface area contributed by atoms with Crippen LogP contribution in [-0.2, 0) is 11.2 Å². The largest absolute Gasteiger partial charge is 0.493 e. The summed E-state index contributed by atoms with van der Waals surface area (Å²) in [6, 6.07) is 9.91. The Kier molecular flexibility index (Phi) is 9.93. The van der Waals surface area contributed by atoms with E-state index in [0.29, 0.717) is 17.2 Å². The predicted molar refractivity (Wildman–Crippen MR) is 141 cm³/mol. The molecule has 0 fully saturated rings. The molecule has 0 unspecified atom stereocenters. The number of aromatic nitrogens is 1. The van der Waals surface area contributed by atoms with Crippen molar-refractivity contribution in [3.8, 4) is 17.2 Å². The van der Waals surface area contributed by atoms with Crippen molar-refractivity contribution >= 4 is 22.8 Å². The number of carbonyl (C=O) groups excluding carboxylic acids is 1. The van der Waals surface area contributed by atoms with E-state index in [1.165, 1.54) is 5.56 Å². The first-order valence-corrected chi connectivity index (χ1v) is 12.4. The van der Waals surface area contributed by atoms with E-state index in [1.807, 2.05) is 48.8 Å². The number of methoxy groups -OCH3 is 3. The maximum Gasteiger partial charge on any atom is 0.244 e. The molecule has 1 atom stereocenters. The number of rotatable bonds is 12. The number of nitrogens with one attached hydrogen (secondary N) is 1. The number of nitrogens with zero attached hydrogens (tertiary/aromatic N) is 1. The lowest BCUT2D eigenvalue weighted by molar-refractivity contribution is -0.117. The topological polar surface area (TPSA) is 69.7 Å². The minimum atomic E-state index is -0.126. The Hall–Kier alpha value is -3.58. The summed E-state index contributed by atoms with van der Waals surface area (Å²) in [6.45, 7) is 2.02. The summed E-state index contributed by atoms with van der Waals surface area (Å²) in [5.74, 6) is 1.56. The Bertz CT molecular complexity index is 1140. The second-order valence-electron chi connectivity index (χ2n) is 8.00. The highest BCUT2D eigenvalue weighted by molar-refractivity contribution is 7.08. The van der Waals surface area contributed by atoms with Gasteiger partial charge in [-0.1, -0.05) is 18.2 Å². The smallest absolute Gasteiger partial charge is 0.244 e. The van der Waals surface area contributed by atoms with Crippen LogP contribution >= 0.6 is 11.3 Å². The van der Waals surface area contributed by atoms with Crippen molar-refractivity contribution in [3.63, 3.8) is 0 Å². The van der Waals surface area contributed by atoms with E-state index < -0.39 is 0 Å². The SMILES string of the molecule is COc1ccc(/C(=C\C=C\C(=O)N[C@H](C)CCCc2cccnc2)c2ccsc2)c(OC)c1OC. The van der Waals surface area contributed by atoms with Crippen molar-refractivity contribution in [2.75, 3.05) is 21.3 Å². The van der Waals surface area contributed by atoms with Gasteiger partial charge < -0.3 is 19.5 Å². The number of ether oxygens (including phenoxy) is 3. The van der Waals surface area contributed by atoms with Crippen molar-refractivity contribution in [3.05, 3.63) is 88.4 Å². The molecular weight excluding hydrogens is 460 g/mol. The fraction of sp³-hybridized carbons (Fsp3) is 0.286. The standard InChI is InChI=1S/C28H32N2O4S/c1-20(8-5-9-21-10-7-16-29-18-21)30-26(31)12-6-11-23(22-15-17-35-19-22)24-13-14-25(32-2)28(34-4)27(24)33-3/h6-7,10-20H,5,8-9H2,1-4H3,(H,30,31)/b12-6+,23-11-/t20-/m1/s1. The molecule has 3 aromatic rings. The number of carbonyl (C=O) groups is 1. The summed E-state index contributed by atoms with van der Waals surface area (Å²) in [4.78, 5) is 16.6. The van der Waals surface area contributed by atoms with E-state index in [0.717, 1.165) is 36.0 Å². The van der Waals surface area contributed by atoms with Gasteiger partial charge in [0.05, 0.1) is 21.3 Å². The molecule has 0 bridgehead atoms. The van der Waals surface area contributed by atoms with E-state index in [4.69, 9.17) is 14.2 Å². The predicted octanol–water partition coefficient (Wildman–Crippen LogP) is 5.68. The zero-order chi connectivity index (χ0) is 25.0. The van der Waals surface area contributed by atoms with Gasteiger partial charge in [0, 0.05) is 30.1 Å². The maximum atomic E-state index is 12.5. The number of pyridine rings is 1. The molecule has 0 spiro atoms. The summed E-state index contributed by atoms with van der Waals surface area (Å²) in [6.07, 6.45) is 11.7. The van der Waals surface area contributed by atoms with Crippen molar-refractivity contribution in [2.45, 2.75) is 32.2 Å². The van der Waals surface area contributed by atoms with Gasteiger partial charge in [0.1, 0.15) is 0 Å². The zero-order valence-corrected chi connectivity index (χ0v) is 21.4. The molecule has 1 aromatic carbocycles. The van der Waals surface area contributed by atoms with Gasteiger partial charge in [-0.05, 0) is 77.9 Å². The second-order valence-corrected chi connectivity index (χ2v) is 8.78. The molecule has 1 N–H and O–H groups in total. The molecule has 3 rings (SSSR count). The number of hydrogen-bond acceptors (Lipinski definition) is 6. The number of allylic oxidation sites excluding steroid dienone is 2. The van der Waals surface area contributed by atoms with E-state index in [-0.39, 0.29) is 11.9 Å². The molecule has 2 aromatic heterocycles. The van der Waals surface area contributed by atoms with Crippen LogP contribution in [-0.4, -0.2) is 38.3 Å². The third-order valence-corrected chi connectivity index (χ3v) is 6.23. The summed E-state index contributed by atoms with van der Waals surface area (Å²) >= 11 is 1.60. The van der Waals surface area contributed by atoms with Gasteiger partial charge in [0.15, 0.2) is 11.5 Å². The Morgan fingerprint density at radius 2 is 1.94 bits per heavy atom. The molecule has 2 heterocycles. The molecule has 184 valence electrons. The van der Waals surface area contributed by atoms with Gasteiger partial charge in [-0.25, -0.2) is 0 Å². The fourth-order valence-electron chi connectivity index (χ4n) is 3.83. The summed E-state index contributed by atoms with van der Waals surface area (Å²) in [7, 11) is 4.78. The number of hydrogen-bond donors (Lipinski definition) is 1. The van der Waals surface area contributed by atoms with Gasteiger partial charge in [-0.15, -0.1) is 0 Å². The number of amides is 1. The Morgan fingerprint density at radius 3 is 2.60 bits per heavy atom. The Labute approximate surface area is 211 Å². The molecule has 0 aliphatic rings. The quantitative estimate of drug-likeness (QED) is 0.260. The van der Waals surface area contributed by atoms with Gasteiger partial charge in [-0.3, -0.25) is 9.78 Å². The number of benzene rings is 1. The molecular formula is C28H32N2O4S. The maximum absolute atomic E-state index is 12.5. The fourth-order valence-corrected chi connectivity index (χ4v) is 4.48. The van der Waals surface area contributed by atoms with Crippen molar-refractivity contribution in [1.29, 1.82) is 0 Å². The Balaban J connectivity index is 1.71. The van der Waals surface area contributed by atoms with E-state index >= 15 is 0 Å². The lowest BCUT2D eigenvalue weighted by atomic mass is 9.98. The first-order chi connectivity index (χ1) is 17.1. The number of thiophene rings is 1. The van der Waals surface area contributed by atoms with E-state index in [2.05, 4.69) is 21.7 Å². The molecule has 0 aliphatic carbocycles. The van der Waals surface area contributed by atoms with Crippen molar-refractivity contribution in [2.24, 2.45) is 0 Å². The minimum Gasteiger partial charge on any atom is -0.493 e. The third-order valence-electron chi connectivity index (χ3n) is 5.55. The highest BCUT2D eigenvalue weighted by Gasteiger charge is 2.19. The molecule has 7 heteroatoms. The van der Waals surface area contributed by atoms with Crippen LogP contribution in [0.5, 0.6) is 17.2 Å². The average Bonchev–Trinajstić information content (AvgIpc) is 3.41. The van der Waals surface area contributed by atoms with Crippen LogP contribution in [0.15, 0.2) is 71.7 Å². The zero-order valence-electron chi connectivity index (χ0n) is 20.6. The lowest BCUT2D eigenvalue weighted by Crippen LogP contribution is -2.31. The van der Waals surface area contributed by atoms with Gasteiger partial charge in [0.2, 0.25) is 11.7 Å². The molecule has 0 saturated carbocycles. The third kappa shape index (κ3) is 7.20. The Morgan fingerprint density at radius 1 is 1.11 bits per heavy atom. The van der Waals surface area contributed by atoms with Crippen LogP contribution in [0.2, 0.25) is 0 Å². The molecule has 0 saturated heterocycles. The molecule has 0 radical (unpaired) electrons. The highest BCUT2D eigenvalue weighted by atomic mass is 32.1. The monoisotopic (exact) mass is 492 g/mol. The minimum absolute atomic E-state index is 0.0788. The van der Waals surface area contributed by atoms with Crippen LogP contribution in [0, 0.1) is 0 Å². The second kappa shape index (κ2) is 13.3. The first kappa shape index (κ1) is 26.0. The van der Waals surface area contributed by atoms with Crippen molar-refractivity contribution < 1.29 is 19.0 Å². The van der Waals surface area contributed by atoms with Crippen LogP contribution < -0.4 is 19.5 Å². The van der Waals surface area contributed by atoms with Crippen LogP contribution in [0.4, 0.5) is 0 Å². The molecule has 0 aliphatic heterocycles. The molecule has 35 heavy (non-hydrogen) atoms. The lowest BCUT2D eigenvalue weighted by Gasteiger charge is -2.17. The van der Waals surface area contributed by atoms with Crippen molar-refractivity contribution in [1.82, 2.24) is 10.3 Å². The summed E-state index contributed by atoms with van der Waals surface area (Å²) in [5, 5.41) is 7.11. The molecule has 6 nitrogen and oxygen atoms in total.